The Balaban J connectivity index is 1.17. The van der Waals surface area contributed by atoms with Crippen molar-refractivity contribution in [1.29, 1.82) is 0 Å². The summed E-state index contributed by atoms with van der Waals surface area (Å²) in [6.07, 6.45) is -5.11. The molecule has 63 heavy (non-hydrogen) atoms. The summed E-state index contributed by atoms with van der Waals surface area (Å²) in [6.45, 7) is 0. The van der Waals surface area contributed by atoms with E-state index in [4.69, 9.17) is 18.9 Å². The van der Waals surface area contributed by atoms with Gasteiger partial charge in [-0.1, -0.05) is 23.9 Å². The standard InChI is InChI=1S/C44H34O18S/c45-21-11-33-23(15-35(41(59-33)17-1-3-25(47)27(49)5-17)61-43(57)19-7-29(51)39(55)30(52)8-19)37(13-21)63-38-14-22(46)12-34-24(38)16-36(42(60-34)18-2-4-26(48)28(50)6-18)62-44(58)20-9-31(53)40(56)32(54)10-20/h1-14,35-36,41-42,45-56H,15-16H2. The maximum absolute atomic E-state index is 13.5. The minimum atomic E-state index is -1.23. The lowest BCUT2D eigenvalue weighted by atomic mass is 9.93. The number of aromatic hydroxyl groups is 12. The van der Waals surface area contributed by atoms with Crippen molar-refractivity contribution in [2.45, 2.75) is 47.0 Å². The molecule has 0 saturated carbocycles. The predicted octanol–water partition coefficient (Wildman–Crippen LogP) is 6.11. The lowest BCUT2D eigenvalue weighted by Gasteiger charge is -2.35. The molecule has 12 N–H and O–H groups in total. The molecule has 324 valence electrons. The molecule has 0 saturated heterocycles. The van der Waals surface area contributed by atoms with Gasteiger partial charge in [-0.2, -0.15) is 0 Å². The SMILES string of the molecule is O=C(OC1Cc2c(cc(O)cc2Sc2cc(O)cc3c2CC(OC(=O)c2cc(O)c(O)c(O)c2)C(c2ccc(O)c(O)c2)O3)OC1c1ccc(O)c(O)c1)c1cc(O)c(O)c(O)c1. The van der Waals surface area contributed by atoms with Crippen LogP contribution in [0.3, 0.4) is 0 Å². The first-order chi connectivity index (χ1) is 29.9. The molecule has 19 heteroatoms. The van der Waals surface area contributed by atoms with E-state index in [1.807, 2.05) is 0 Å². The van der Waals surface area contributed by atoms with Gasteiger partial charge in [0.25, 0.3) is 0 Å². The van der Waals surface area contributed by atoms with E-state index >= 15 is 0 Å². The zero-order valence-electron chi connectivity index (χ0n) is 32.0. The van der Waals surface area contributed by atoms with Crippen molar-refractivity contribution >= 4 is 23.7 Å². The van der Waals surface area contributed by atoms with Gasteiger partial charge in [-0.05, 0) is 60.7 Å². The van der Waals surface area contributed by atoms with E-state index in [-0.39, 0.29) is 58.1 Å². The maximum atomic E-state index is 13.5. The average molecular weight is 883 g/mol. The monoisotopic (exact) mass is 882 g/mol. The van der Waals surface area contributed by atoms with E-state index in [9.17, 15) is 70.9 Å². The summed E-state index contributed by atoms with van der Waals surface area (Å²) in [4.78, 5) is 27.7. The summed E-state index contributed by atoms with van der Waals surface area (Å²) >= 11 is 0.999. The molecule has 18 nitrogen and oxygen atoms in total. The Kier molecular flexibility index (Phi) is 10.6. The van der Waals surface area contributed by atoms with Crippen LogP contribution in [0.4, 0.5) is 0 Å². The summed E-state index contributed by atoms with van der Waals surface area (Å²) in [6, 6.07) is 16.4. The van der Waals surface area contributed by atoms with Crippen molar-refractivity contribution in [3.63, 3.8) is 0 Å². The van der Waals surface area contributed by atoms with Crippen LogP contribution in [-0.4, -0.2) is 85.4 Å². The Morgan fingerprint density at radius 1 is 0.460 bits per heavy atom. The van der Waals surface area contributed by atoms with Crippen molar-refractivity contribution in [3.8, 4) is 80.5 Å². The molecule has 2 aliphatic rings. The molecule has 0 spiro atoms. The summed E-state index contributed by atoms with van der Waals surface area (Å²) in [5.41, 5.74) is 0.513. The highest BCUT2D eigenvalue weighted by molar-refractivity contribution is 7.99. The fraction of sp³-hybridized carbons (Fsp3) is 0.136. The van der Waals surface area contributed by atoms with Crippen LogP contribution in [0.25, 0.3) is 0 Å². The van der Waals surface area contributed by atoms with Crippen molar-refractivity contribution in [2.75, 3.05) is 0 Å². The van der Waals surface area contributed by atoms with Crippen LogP contribution in [0.1, 0.15) is 55.2 Å². The molecule has 8 rings (SSSR count). The van der Waals surface area contributed by atoms with Gasteiger partial charge in [-0.15, -0.1) is 0 Å². The number of carbonyl (C=O) groups excluding carboxylic acids is 2. The molecule has 0 bridgehead atoms. The smallest absolute Gasteiger partial charge is 0.338 e. The Morgan fingerprint density at radius 3 is 1.17 bits per heavy atom. The van der Waals surface area contributed by atoms with Crippen molar-refractivity contribution in [2.24, 2.45) is 0 Å². The van der Waals surface area contributed by atoms with E-state index in [0.29, 0.717) is 20.9 Å². The lowest BCUT2D eigenvalue weighted by Crippen LogP contribution is -2.35. The third-order valence-electron chi connectivity index (χ3n) is 10.3. The highest BCUT2D eigenvalue weighted by Crippen LogP contribution is 2.50. The zero-order chi connectivity index (χ0) is 45.0. The van der Waals surface area contributed by atoms with Crippen LogP contribution in [0.15, 0.2) is 94.7 Å². The van der Waals surface area contributed by atoms with E-state index in [1.165, 1.54) is 60.7 Å². The summed E-state index contributed by atoms with van der Waals surface area (Å²) in [5.74, 6) is -9.34. The van der Waals surface area contributed by atoms with Crippen LogP contribution < -0.4 is 9.47 Å². The highest BCUT2D eigenvalue weighted by atomic mass is 32.2. The number of hydrogen-bond acceptors (Lipinski definition) is 19. The third-order valence-corrected chi connectivity index (χ3v) is 11.5. The molecule has 0 aliphatic carbocycles. The van der Waals surface area contributed by atoms with Crippen molar-refractivity contribution in [1.82, 2.24) is 0 Å². The maximum Gasteiger partial charge on any atom is 0.338 e. The van der Waals surface area contributed by atoms with Crippen molar-refractivity contribution in [3.05, 3.63) is 118 Å². The fourth-order valence-electron chi connectivity index (χ4n) is 7.23. The Hall–Kier alpha value is -8.19. The molecular formula is C44H34O18S. The quantitative estimate of drug-likeness (QED) is 0.0606. The molecule has 6 aromatic rings. The van der Waals surface area contributed by atoms with Gasteiger partial charge in [0.05, 0.1) is 11.1 Å². The fourth-order valence-corrected chi connectivity index (χ4v) is 8.44. The van der Waals surface area contributed by atoms with Gasteiger partial charge >= 0.3 is 11.9 Å². The molecule has 4 atom stereocenters. The third kappa shape index (κ3) is 8.07. The topological polar surface area (TPSA) is 314 Å². The number of fused-ring (bicyclic) bond motifs is 2. The number of ether oxygens (including phenoxy) is 4. The molecule has 0 amide bonds. The number of phenolic OH excluding ortho intramolecular Hbond substituents is 12. The molecule has 0 aromatic heterocycles. The summed E-state index contributed by atoms with van der Waals surface area (Å²) in [5, 5.41) is 123. The first kappa shape index (κ1) is 41.5. The van der Waals surface area contributed by atoms with Crippen LogP contribution in [0.5, 0.6) is 80.5 Å². The van der Waals surface area contributed by atoms with Gasteiger partial charge in [-0.3, -0.25) is 0 Å². The van der Waals surface area contributed by atoms with Crippen LogP contribution in [0.2, 0.25) is 0 Å². The second-order valence-corrected chi connectivity index (χ2v) is 15.6. The molecule has 6 aromatic carbocycles. The molecule has 0 radical (unpaired) electrons. The number of carbonyl (C=O) groups is 2. The zero-order valence-corrected chi connectivity index (χ0v) is 32.8. The minimum Gasteiger partial charge on any atom is -0.508 e. The van der Waals surface area contributed by atoms with E-state index in [1.54, 1.807) is 0 Å². The first-order valence-electron chi connectivity index (χ1n) is 18.6. The second-order valence-electron chi connectivity index (χ2n) is 14.5. The van der Waals surface area contributed by atoms with Gasteiger partial charge in [0.2, 0.25) is 0 Å². The van der Waals surface area contributed by atoms with Gasteiger partial charge in [-0.25, -0.2) is 9.59 Å². The van der Waals surface area contributed by atoms with E-state index in [2.05, 4.69) is 0 Å². The highest BCUT2D eigenvalue weighted by Gasteiger charge is 2.40. The number of esters is 2. The number of phenols is 12. The Labute approximate surface area is 358 Å². The molecular weight excluding hydrogens is 849 g/mol. The van der Waals surface area contributed by atoms with Crippen LogP contribution in [0, 0.1) is 0 Å². The summed E-state index contributed by atoms with van der Waals surface area (Å²) < 4.78 is 24.4. The molecule has 2 heterocycles. The summed E-state index contributed by atoms with van der Waals surface area (Å²) in [7, 11) is 0. The lowest BCUT2D eigenvalue weighted by molar-refractivity contribution is -0.0192. The van der Waals surface area contributed by atoms with Gasteiger partial charge in [0.1, 0.15) is 35.2 Å². The number of benzene rings is 6. The number of hydrogen-bond donors (Lipinski definition) is 12. The van der Waals surface area contributed by atoms with Gasteiger partial charge in [0.15, 0.2) is 69.7 Å². The van der Waals surface area contributed by atoms with Gasteiger partial charge < -0.3 is 80.2 Å². The van der Waals surface area contributed by atoms with Crippen LogP contribution >= 0.6 is 11.8 Å². The van der Waals surface area contributed by atoms with E-state index < -0.39 is 93.8 Å². The Morgan fingerprint density at radius 2 is 0.825 bits per heavy atom. The first-order valence-corrected chi connectivity index (χ1v) is 19.4. The molecule has 4 unspecified atom stereocenters. The number of rotatable bonds is 8. The molecule has 0 fully saturated rings. The van der Waals surface area contributed by atoms with E-state index in [0.717, 1.165) is 36.0 Å². The van der Waals surface area contributed by atoms with Gasteiger partial charge in [0, 0.05) is 57.0 Å². The average Bonchev–Trinajstić information content (AvgIpc) is 3.23. The minimum absolute atomic E-state index is 0.104. The largest absolute Gasteiger partial charge is 0.508 e. The van der Waals surface area contributed by atoms with Crippen LogP contribution in [-0.2, 0) is 22.3 Å². The molecule has 2 aliphatic heterocycles. The van der Waals surface area contributed by atoms with Crippen molar-refractivity contribution < 1.29 is 89.8 Å². The predicted molar refractivity (Wildman–Crippen MR) is 215 cm³/mol. The second kappa shape index (κ2) is 16.0. The Bertz CT molecular complexity index is 2610. The normalized spacial score (nSPS) is 17.7.